The summed E-state index contributed by atoms with van der Waals surface area (Å²) in [5.41, 5.74) is -0.208. The first-order valence-corrected chi connectivity index (χ1v) is 8.87. The zero-order valence-corrected chi connectivity index (χ0v) is 16.1. The van der Waals surface area contributed by atoms with Gasteiger partial charge in [-0.25, -0.2) is 19.3 Å². The number of fused-ring (bicyclic) bond motifs is 1. The highest BCUT2D eigenvalue weighted by Crippen LogP contribution is 2.34. The third-order valence-corrected chi connectivity index (χ3v) is 4.50. The summed E-state index contributed by atoms with van der Waals surface area (Å²) in [6.07, 6.45) is -0.433. The minimum atomic E-state index is -3.69. The fourth-order valence-electron chi connectivity index (χ4n) is 2.64. The van der Waals surface area contributed by atoms with Crippen LogP contribution in [0.2, 0.25) is 0 Å². The fraction of sp³-hybridized carbons (Fsp3) is 0.278. The average Bonchev–Trinajstić information content (AvgIpc) is 2.60. The van der Waals surface area contributed by atoms with E-state index >= 15 is 0 Å². The van der Waals surface area contributed by atoms with Gasteiger partial charge in [0.1, 0.15) is 28.2 Å². The van der Waals surface area contributed by atoms with Gasteiger partial charge in [0.25, 0.3) is 0 Å². The van der Waals surface area contributed by atoms with Crippen molar-refractivity contribution in [1.82, 2.24) is 15.0 Å². The van der Waals surface area contributed by atoms with Crippen LogP contribution in [-0.4, -0.2) is 26.2 Å². The second-order valence-corrected chi connectivity index (χ2v) is 6.89. The van der Waals surface area contributed by atoms with E-state index in [1.807, 2.05) is 0 Å². The van der Waals surface area contributed by atoms with Crippen molar-refractivity contribution in [2.45, 2.75) is 32.4 Å². The van der Waals surface area contributed by atoms with Gasteiger partial charge in [-0.3, -0.25) is 0 Å². The number of halogens is 4. The predicted octanol–water partition coefficient (Wildman–Crippen LogP) is 4.32. The molecule has 0 aliphatic carbocycles. The van der Waals surface area contributed by atoms with Gasteiger partial charge in [0.05, 0.1) is 17.3 Å². The Morgan fingerprint density at radius 2 is 2.04 bits per heavy atom. The Kier molecular flexibility index (Phi) is 5.34. The molecule has 5 nitrogen and oxygen atoms in total. The van der Waals surface area contributed by atoms with Crippen LogP contribution >= 0.6 is 15.9 Å². The molecule has 0 aliphatic rings. The molecule has 9 heteroatoms. The number of aliphatic hydroxyl groups excluding tert-OH is 1. The number of anilines is 1. The molecule has 2 N–H and O–H groups in total. The third kappa shape index (κ3) is 3.89. The van der Waals surface area contributed by atoms with Gasteiger partial charge in [-0.05, 0) is 41.9 Å². The molecule has 3 aromatic rings. The number of benzene rings is 1. The number of nitrogens with zero attached hydrogens (tertiary/aromatic N) is 3. The van der Waals surface area contributed by atoms with Gasteiger partial charge in [0, 0.05) is 17.5 Å². The molecule has 1 atom stereocenters. The Balaban J connectivity index is 1.94. The molecule has 2 aromatic heterocycles. The van der Waals surface area contributed by atoms with E-state index in [4.69, 9.17) is 0 Å². The quantitative estimate of drug-likeness (QED) is 0.578. The first-order valence-electron chi connectivity index (χ1n) is 8.07. The van der Waals surface area contributed by atoms with Crippen LogP contribution in [0, 0.1) is 12.7 Å². The maximum Gasteiger partial charge on any atom is 0.301 e. The Labute approximate surface area is 161 Å². The van der Waals surface area contributed by atoms with Crippen LogP contribution in [0.5, 0.6) is 0 Å². The molecule has 142 valence electrons. The van der Waals surface area contributed by atoms with Crippen LogP contribution in [0.15, 0.2) is 35.1 Å². The number of hydrogen-bond donors (Lipinski definition) is 2. The fourth-order valence-corrected chi connectivity index (χ4v) is 2.97. The largest absolute Gasteiger partial charge is 0.387 e. The number of aryl methyl sites for hydroxylation is 1. The van der Waals surface area contributed by atoms with Gasteiger partial charge in [-0.15, -0.1) is 0 Å². The van der Waals surface area contributed by atoms with E-state index in [9.17, 15) is 18.3 Å². The molecule has 0 bridgehead atoms. The topological polar surface area (TPSA) is 70.9 Å². The second-order valence-electron chi connectivity index (χ2n) is 6.07. The summed E-state index contributed by atoms with van der Waals surface area (Å²) >= 11 is 3.28. The zero-order chi connectivity index (χ0) is 19.8. The molecule has 1 unspecified atom stereocenters. The molecule has 0 saturated carbocycles. The number of aromatic nitrogens is 3. The van der Waals surface area contributed by atoms with Gasteiger partial charge in [-0.2, -0.15) is 8.78 Å². The number of pyridine rings is 1. The number of hydrogen-bond acceptors (Lipinski definition) is 5. The summed E-state index contributed by atoms with van der Waals surface area (Å²) in [5.74, 6) is -3.82. The second kappa shape index (κ2) is 7.40. The summed E-state index contributed by atoms with van der Waals surface area (Å²) in [7, 11) is 0. The molecule has 2 heterocycles. The SMILES string of the molecule is Cc1nc(NCc2cccc(C(F)(F)C(C)O)c2F)c2cc(Br)ncc2n1. The van der Waals surface area contributed by atoms with Crippen molar-refractivity contribution in [2.75, 3.05) is 5.32 Å². The Morgan fingerprint density at radius 1 is 1.30 bits per heavy atom. The van der Waals surface area contributed by atoms with Crippen LogP contribution in [0.1, 0.15) is 23.9 Å². The van der Waals surface area contributed by atoms with Gasteiger partial charge in [0.15, 0.2) is 0 Å². The first-order chi connectivity index (χ1) is 12.7. The lowest BCUT2D eigenvalue weighted by Gasteiger charge is -2.21. The molecule has 27 heavy (non-hydrogen) atoms. The van der Waals surface area contributed by atoms with Crippen LogP contribution in [-0.2, 0) is 12.5 Å². The normalized spacial score (nSPS) is 13.0. The molecule has 0 radical (unpaired) electrons. The van der Waals surface area contributed by atoms with Crippen molar-refractivity contribution in [3.63, 3.8) is 0 Å². The number of nitrogens with one attached hydrogen (secondary N) is 1. The van der Waals surface area contributed by atoms with Crippen molar-refractivity contribution < 1.29 is 18.3 Å². The highest BCUT2D eigenvalue weighted by Gasteiger charge is 2.40. The van der Waals surface area contributed by atoms with Crippen LogP contribution in [0.25, 0.3) is 10.9 Å². The lowest BCUT2D eigenvalue weighted by molar-refractivity contribution is -0.108. The van der Waals surface area contributed by atoms with Crippen molar-refractivity contribution in [3.05, 3.63) is 57.8 Å². The molecule has 0 aliphatic heterocycles. The van der Waals surface area contributed by atoms with E-state index in [0.29, 0.717) is 27.1 Å². The highest BCUT2D eigenvalue weighted by molar-refractivity contribution is 9.10. The number of aliphatic hydroxyl groups is 1. The van der Waals surface area contributed by atoms with Gasteiger partial charge >= 0.3 is 5.92 Å². The molecule has 0 spiro atoms. The van der Waals surface area contributed by atoms with E-state index in [0.717, 1.165) is 13.0 Å². The predicted molar refractivity (Wildman–Crippen MR) is 99.1 cm³/mol. The number of alkyl halides is 2. The van der Waals surface area contributed by atoms with Crippen molar-refractivity contribution in [2.24, 2.45) is 0 Å². The Bertz CT molecular complexity index is 998. The maximum absolute atomic E-state index is 14.6. The van der Waals surface area contributed by atoms with Crippen LogP contribution in [0.4, 0.5) is 19.0 Å². The summed E-state index contributed by atoms with van der Waals surface area (Å²) < 4.78 is 43.3. The van der Waals surface area contributed by atoms with E-state index in [1.54, 1.807) is 19.2 Å². The maximum atomic E-state index is 14.6. The van der Waals surface area contributed by atoms with Crippen molar-refractivity contribution in [1.29, 1.82) is 0 Å². The van der Waals surface area contributed by atoms with E-state index in [-0.39, 0.29) is 12.1 Å². The molecule has 0 saturated heterocycles. The molecule has 3 rings (SSSR count). The monoisotopic (exact) mass is 440 g/mol. The van der Waals surface area contributed by atoms with Crippen LogP contribution in [0.3, 0.4) is 0 Å². The lowest BCUT2D eigenvalue weighted by Crippen LogP contribution is -2.29. The number of rotatable bonds is 5. The van der Waals surface area contributed by atoms with Crippen LogP contribution < -0.4 is 5.32 Å². The third-order valence-electron chi connectivity index (χ3n) is 4.07. The minimum Gasteiger partial charge on any atom is -0.387 e. The van der Waals surface area contributed by atoms with Gasteiger partial charge in [0.2, 0.25) is 0 Å². The summed E-state index contributed by atoms with van der Waals surface area (Å²) in [4.78, 5) is 12.7. The molecular weight excluding hydrogens is 425 g/mol. The summed E-state index contributed by atoms with van der Waals surface area (Å²) in [6.45, 7) is 2.56. The Morgan fingerprint density at radius 3 is 2.74 bits per heavy atom. The minimum absolute atomic E-state index is 0.0327. The summed E-state index contributed by atoms with van der Waals surface area (Å²) in [6, 6.07) is 5.41. The molecular formula is C18H16BrF3N4O. The van der Waals surface area contributed by atoms with Crippen molar-refractivity contribution in [3.8, 4) is 0 Å². The van der Waals surface area contributed by atoms with Gasteiger partial charge < -0.3 is 10.4 Å². The standard InChI is InChI=1S/C18H16BrF3N4O/c1-9(27)18(21,22)13-5-3-4-11(16(13)20)7-24-17-12-6-15(19)23-8-14(12)25-10(2)26-17/h3-6,8-9,27H,7H2,1-2H3,(H,24,25,26). The zero-order valence-electron chi connectivity index (χ0n) is 14.5. The van der Waals surface area contributed by atoms with Gasteiger partial charge in [-0.1, -0.05) is 12.1 Å². The van der Waals surface area contributed by atoms with E-state index < -0.39 is 23.4 Å². The molecule has 0 amide bonds. The van der Waals surface area contributed by atoms with Crippen molar-refractivity contribution >= 4 is 32.7 Å². The molecule has 1 aromatic carbocycles. The average molecular weight is 441 g/mol. The Hall–Kier alpha value is -2.26. The van der Waals surface area contributed by atoms with E-state index in [1.165, 1.54) is 12.1 Å². The summed E-state index contributed by atoms with van der Waals surface area (Å²) in [5, 5.41) is 12.9. The highest BCUT2D eigenvalue weighted by atomic mass is 79.9. The lowest BCUT2D eigenvalue weighted by atomic mass is 10.0. The molecule has 0 fully saturated rings. The smallest absolute Gasteiger partial charge is 0.301 e. The first kappa shape index (κ1) is 19.5. The van der Waals surface area contributed by atoms with E-state index in [2.05, 4.69) is 36.2 Å².